The summed E-state index contributed by atoms with van der Waals surface area (Å²) in [4.78, 5) is 12.6. The van der Waals surface area contributed by atoms with Gasteiger partial charge in [-0.2, -0.15) is 4.31 Å². The van der Waals surface area contributed by atoms with Crippen molar-refractivity contribution in [2.24, 2.45) is 5.92 Å². The quantitative estimate of drug-likeness (QED) is 0.823. The molecular weight excluding hydrogens is 392 g/mol. The molecule has 1 amide bonds. The van der Waals surface area contributed by atoms with Gasteiger partial charge in [0.2, 0.25) is 15.9 Å². The van der Waals surface area contributed by atoms with Crippen LogP contribution in [0.15, 0.2) is 33.6 Å². The topological polar surface area (TPSA) is 66.5 Å². The molecule has 1 aliphatic carbocycles. The maximum atomic E-state index is 12.7. The molecule has 1 N–H and O–H groups in total. The molecule has 132 valence electrons. The van der Waals surface area contributed by atoms with E-state index in [0.29, 0.717) is 36.9 Å². The van der Waals surface area contributed by atoms with Crippen molar-refractivity contribution in [3.05, 3.63) is 28.7 Å². The van der Waals surface area contributed by atoms with E-state index in [1.165, 1.54) is 17.1 Å². The molecular formula is C17H23BrN2O3S. The number of hydrogen-bond acceptors (Lipinski definition) is 3. The molecule has 1 aromatic rings. The molecule has 1 aromatic carbocycles. The second-order valence-electron chi connectivity index (χ2n) is 6.62. The van der Waals surface area contributed by atoms with Gasteiger partial charge < -0.3 is 5.32 Å². The van der Waals surface area contributed by atoms with E-state index in [9.17, 15) is 13.2 Å². The lowest BCUT2D eigenvalue weighted by Crippen LogP contribution is -2.44. The van der Waals surface area contributed by atoms with E-state index in [4.69, 9.17) is 0 Å². The number of carbonyl (C=O) groups excluding carboxylic acids is 1. The maximum Gasteiger partial charge on any atom is 0.243 e. The van der Waals surface area contributed by atoms with Crippen LogP contribution in [-0.4, -0.2) is 37.8 Å². The van der Waals surface area contributed by atoms with E-state index in [2.05, 4.69) is 21.2 Å². The van der Waals surface area contributed by atoms with Gasteiger partial charge in [0.05, 0.1) is 4.90 Å². The summed E-state index contributed by atoms with van der Waals surface area (Å²) in [7, 11) is -3.47. The zero-order valence-electron chi connectivity index (χ0n) is 13.6. The van der Waals surface area contributed by atoms with Gasteiger partial charge in [-0.05, 0) is 49.9 Å². The van der Waals surface area contributed by atoms with Crippen LogP contribution < -0.4 is 5.32 Å². The van der Waals surface area contributed by atoms with E-state index in [0.717, 1.165) is 17.3 Å². The Labute approximate surface area is 152 Å². The fourth-order valence-corrected chi connectivity index (χ4v) is 5.24. The fourth-order valence-electron chi connectivity index (χ4n) is 3.50. The third-order valence-electron chi connectivity index (χ3n) is 4.98. The molecule has 0 atom stereocenters. The summed E-state index contributed by atoms with van der Waals surface area (Å²) < 4.78 is 27.7. The number of nitrogens with zero attached hydrogens (tertiary/aromatic N) is 1. The van der Waals surface area contributed by atoms with Crippen LogP contribution in [0.25, 0.3) is 0 Å². The van der Waals surface area contributed by atoms with E-state index in [1.54, 1.807) is 24.3 Å². The smallest absolute Gasteiger partial charge is 0.243 e. The summed E-state index contributed by atoms with van der Waals surface area (Å²) in [5.74, 6) is 0.0320. The Kier molecular flexibility index (Phi) is 5.62. The third-order valence-corrected chi connectivity index (χ3v) is 7.42. The van der Waals surface area contributed by atoms with Crippen LogP contribution in [0.2, 0.25) is 0 Å². The zero-order valence-corrected chi connectivity index (χ0v) is 16.0. The number of amides is 1. The molecule has 0 radical (unpaired) electrons. The molecule has 1 saturated carbocycles. The number of nitrogens with one attached hydrogen (secondary N) is 1. The van der Waals surface area contributed by atoms with Crippen LogP contribution in [0, 0.1) is 5.92 Å². The van der Waals surface area contributed by atoms with Crippen molar-refractivity contribution in [2.75, 3.05) is 13.1 Å². The number of sulfonamides is 1. The average molecular weight is 415 g/mol. The molecule has 3 rings (SSSR count). The van der Waals surface area contributed by atoms with Crippen molar-refractivity contribution in [1.82, 2.24) is 9.62 Å². The van der Waals surface area contributed by atoms with Gasteiger partial charge in [-0.25, -0.2) is 8.42 Å². The predicted octanol–water partition coefficient (Wildman–Crippen LogP) is 2.91. The van der Waals surface area contributed by atoms with E-state index < -0.39 is 10.0 Å². The normalized spacial score (nSPS) is 21.0. The number of carbonyl (C=O) groups is 1. The second kappa shape index (κ2) is 7.54. The van der Waals surface area contributed by atoms with E-state index in [1.807, 2.05) is 0 Å². The maximum absolute atomic E-state index is 12.7. The molecule has 2 aliphatic rings. The predicted molar refractivity (Wildman–Crippen MR) is 96.0 cm³/mol. The number of benzene rings is 1. The molecule has 1 heterocycles. The first kappa shape index (κ1) is 17.9. The van der Waals surface area contributed by atoms with Crippen LogP contribution in [0.1, 0.15) is 38.5 Å². The highest BCUT2D eigenvalue weighted by atomic mass is 79.9. The number of piperidine rings is 1. The van der Waals surface area contributed by atoms with Crippen LogP contribution in [0.3, 0.4) is 0 Å². The lowest BCUT2D eigenvalue weighted by molar-refractivity contribution is -0.126. The molecule has 0 unspecified atom stereocenters. The monoisotopic (exact) mass is 414 g/mol. The SMILES string of the molecule is O=C(NC1CCCC1)C1CCN(S(=O)(=O)c2ccc(Br)cc2)CC1. The molecule has 0 aromatic heterocycles. The molecule has 0 spiro atoms. The standard InChI is InChI=1S/C17H23BrN2O3S/c18-14-5-7-16(8-6-14)24(22,23)20-11-9-13(10-12-20)17(21)19-15-3-1-2-4-15/h5-8,13,15H,1-4,9-12H2,(H,19,21). The Morgan fingerprint density at radius 1 is 1.04 bits per heavy atom. The Hall–Kier alpha value is -0.920. The Balaban J connectivity index is 1.57. The molecule has 5 nitrogen and oxygen atoms in total. The lowest BCUT2D eigenvalue weighted by Gasteiger charge is -2.31. The third kappa shape index (κ3) is 4.00. The van der Waals surface area contributed by atoms with Crippen molar-refractivity contribution in [3.8, 4) is 0 Å². The Morgan fingerprint density at radius 3 is 2.21 bits per heavy atom. The average Bonchev–Trinajstić information content (AvgIpc) is 3.08. The lowest BCUT2D eigenvalue weighted by atomic mass is 9.97. The van der Waals surface area contributed by atoms with E-state index in [-0.39, 0.29) is 11.8 Å². The number of rotatable bonds is 4. The van der Waals surface area contributed by atoms with Crippen LogP contribution in [0.5, 0.6) is 0 Å². The zero-order chi connectivity index (χ0) is 17.2. The van der Waals surface area contributed by atoms with Crippen molar-refractivity contribution >= 4 is 31.9 Å². The van der Waals surface area contributed by atoms with Crippen molar-refractivity contribution in [1.29, 1.82) is 0 Å². The molecule has 24 heavy (non-hydrogen) atoms. The molecule has 1 saturated heterocycles. The highest BCUT2D eigenvalue weighted by Gasteiger charge is 2.32. The highest BCUT2D eigenvalue weighted by molar-refractivity contribution is 9.10. The van der Waals surface area contributed by atoms with Gasteiger partial charge in [0.25, 0.3) is 0 Å². The first-order valence-electron chi connectivity index (χ1n) is 8.53. The van der Waals surface area contributed by atoms with Gasteiger partial charge in [0, 0.05) is 29.5 Å². The van der Waals surface area contributed by atoms with Crippen molar-refractivity contribution in [2.45, 2.75) is 49.5 Å². The molecule has 1 aliphatic heterocycles. The summed E-state index contributed by atoms with van der Waals surface area (Å²) >= 11 is 3.31. The number of hydrogen-bond donors (Lipinski definition) is 1. The summed E-state index contributed by atoms with van der Waals surface area (Å²) in [6, 6.07) is 7.00. The Bertz CT molecular complexity index is 676. The van der Waals surface area contributed by atoms with Gasteiger partial charge in [-0.1, -0.05) is 28.8 Å². The minimum atomic E-state index is -3.47. The van der Waals surface area contributed by atoms with E-state index >= 15 is 0 Å². The summed E-state index contributed by atoms with van der Waals surface area (Å²) in [5.41, 5.74) is 0. The van der Waals surface area contributed by atoms with Crippen molar-refractivity contribution in [3.63, 3.8) is 0 Å². The van der Waals surface area contributed by atoms with Crippen LogP contribution in [-0.2, 0) is 14.8 Å². The first-order valence-corrected chi connectivity index (χ1v) is 10.8. The summed E-state index contributed by atoms with van der Waals surface area (Å²) in [6.45, 7) is 0.808. The summed E-state index contributed by atoms with van der Waals surface area (Å²) in [5, 5.41) is 3.13. The first-order chi connectivity index (χ1) is 11.5. The molecule has 7 heteroatoms. The highest BCUT2D eigenvalue weighted by Crippen LogP contribution is 2.26. The minimum absolute atomic E-state index is 0.0676. The second-order valence-corrected chi connectivity index (χ2v) is 9.48. The largest absolute Gasteiger partial charge is 0.353 e. The molecule has 0 bridgehead atoms. The molecule has 2 fully saturated rings. The Morgan fingerprint density at radius 2 is 1.62 bits per heavy atom. The van der Waals surface area contributed by atoms with Gasteiger partial charge >= 0.3 is 0 Å². The van der Waals surface area contributed by atoms with Crippen LogP contribution in [0.4, 0.5) is 0 Å². The van der Waals surface area contributed by atoms with Gasteiger partial charge in [-0.15, -0.1) is 0 Å². The van der Waals surface area contributed by atoms with Gasteiger partial charge in [0.1, 0.15) is 0 Å². The fraction of sp³-hybridized carbons (Fsp3) is 0.588. The van der Waals surface area contributed by atoms with Gasteiger partial charge in [-0.3, -0.25) is 4.79 Å². The summed E-state index contributed by atoms with van der Waals surface area (Å²) in [6.07, 6.45) is 5.71. The van der Waals surface area contributed by atoms with Gasteiger partial charge in [0.15, 0.2) is 0 Å². The number of halogens is 1. The minimum Gasteiger partial charge on any atom is -0.353 e. The van der Waals surface area contributed by atoms with Crippen molar-refractivity contribution < 1.29 is 13.2 Å². The van der Waals surface area contributed by atoms with Crippen LogP contribution >= 0.6 is 15.9 Å².